The Morgan fingerprint density at radius 3 is 2.46 bits per heavy atom. The number of allylic oxidation sites excluding steroid dienone is 1. The SMILES string of the molecule is COc1ccc(S(=O)(=O)N(CCO)CCO[C@H]2C[C@@H](C(C)(C)C)C=C(C(=O)NCC3CC3)O2)cc1. The van der Waals surface area contributed by atoms with Crippen molar-refractivity contribution in [2.24, 2.45) is 17.3 Å². The third kappa shape index (κ3) is 7.67. The van der Waals surface area contributed by atoms with Gasteiger partial charge in [0.25, 0.3) is 5.91 Å². The van der Waals surface area contributed by atoms with E-state index in [-0.39, 0.29) is 54.2 Å². The molecule has 1 aliphatic carbocycles. The molecule has 2 aliphatic rings. The molecule has 2 atom stereocenters. The number of nitrogens with zero attached hydrogens (tertiary/aromatic N) is 1. The number of sulfonamides is 1. The molecule has 0 spiro atoms. The molecule has 0 aromatic heterocycles. The number of amides is 1. The van der Waals surface area contributed by atoms with Crippen LogP contribution in [0.4, 0.5) is 0 Å². The molecule has 9 nitrogen and oxygen atoms in total. The Hall–Kier alpha value is -2.14. The number of methoxy groups -OCH3 is 1. The summed E-state index contributed by atoms with van der Waals surface area (Å²) in [6.07, 6.45) is 4.02. The van der Waals surface area contributed by atoms with Crippen LogP contribution in [0.5, 0.6) is 5.75 Å². The van der Waals surface area contributed by atoms with E-state index in [1.54, 1.807) is 12.1 Å². The summed E-state index contributed by atoms with van der Waals surface area (Å²) in [6, 6.07) is 6.08. The van der Waals surface area contributed by atoms with Crippen LogP contribution < -0.4 is 10.1 Å². The molecule has 3 rings (SSSR count). The topological polar surface area (TPSA) is 114 Å². The van der Waals surface area contributed by atoms with Gasteiger partial charge in [-0.05, 0) is 60.4 Å². The van der Waals surface area contributed by atoms with Crippen LogP contribution in [0.15, 0.2) is 41.0 Å². The lowest BCUT2D eigenvalue weighted by Crippen LogP contribution is -2.39. The van der Waals surface area contributed by atoms with Crippen LogP contribution in [0.1, 0.15) is 40.0 Å². The predicted molar refractivity (Wildman–Crippen MR) is 131 cm³/mol. The van der Waals surface area contributed by atoms with Gasteiger partial charge in [0.1, 0.15) is 5.75 Å². The Balaban J connectivity index is 1.63. The summed E-state index contributed by atoms with van der Waals surface area (Å²) >= 11 is 0. The first-order valence-corrected chi connectivity index (χ1v) is 13.5. The minimum absolute atomic E-state index is 0.0297. The fourth-order valence-electron chi connectivity index (χ4n) is 3.81. The van der Waals surface area contributed by atoms with Crippen LogP contribution in [0.3, 0.4) is 0 Å². The summed E-state index contributed by atoms with van der Waals surface area (Å²) in [7, 11) is -2.33. The van der Waals surface area contributed by atoms with Crippen molar-refractivity contribution in [1.82, 2.24) is 9.62 Å². The molecule has 1 amide bonds. The Morgan fingerprint density at radius 2 is 1.89 bits per heavy atom. The van der Waals surface area contributed by atoms with Crippen LogP contribution in [-0.2, 0) is 24.3 Å². The zero-order valence-corrected chi connectivity index (χ0v) is 21.8. The lowest BCUT2D eigenvalue weighted by atomic mass is 9.77. The predicted octanol–water partition coefficient (Wildman–Crippen LogP) is 2.51. The van der Waals surface area contributed by atoms with E-state index in [9.17, 15) is 18.3 Å². The van der Waals surface area contributed by atoms with Crippen molar-refractivity contribution in [3.8, 4) is 5.75 Å². The van der Waals surface area contributed by atoms with Crippen molar-refractivity contribution >= 4 is 15.9 Å². The molecule has 196 valence electrons. The van der Waals surface area contributed by atoms with Crippen LogP contribution in [-0.4, -0.2) is 70.0 Å². The highest BCUT2D eigenvalue weighted by atomic mass is 32.2. The smallest absolute Gasteiger partial charge is 0.286 e. The van der Waals surface area contributed by atoms with Gasteiger partial charge in [0, 0.05) is 26.1 Å². The van der Waals surface area contributed by atoms with Crippen molar-refractivity contribution in [2.75, 3.05) is 40.0 Å². The van der Waals surface area contributed by atoms with Crippen molar-refractivity contribution in [2.45, 2.75) is 51.2 Å². The zero-order chi connectivity index (χ0) is 25.6. The van der Waals surface area contributed by atoms with Gasteiger partial charge in [-0.2, -0.15) is 4.31 Å². The molecule has 1 aromatic rings. The lowest BCUT2D eigenvalue weighted by Gasteiger charge is -2.36. The number of aliphatic hydroxyl groups excluding tert-OH is 1. The first-order valence-electron chi connectivity index (χ1n) is 12.1. The fourth-order valence-corrected chi connectivity index (χ4v) is 5.23. The van der Waals surface area contributed by atoms with Gasteiger partial charge in [0.15, 0.2) is 5.76 Å². The molecule has 1 aromatic carbocycles. The van der Waals surface area contributed by atoms with Crippen molar-refractivity contribution < 1.29 is 32.5 Å². The van der Waals surface area contributed by atoms with Crippen molar-refractivity contribution in [3.63, 3.8) is 0 Å². The van der Waals surface area contributed by atoms with Crippen LogP contribution in [0.2, 0.25) is 0 Å². The van der Waals surface area contributed by atoms with Gasteiger partial charge in [0.05, 0.1) is 25.2 Å². The number of carbonyl (C=O) groups is 1. The minimum Gasteiger partial charge on any atom is -0.497 e. The monoisotopic (exact) mass is 510 g/mol. The van der Waals surface area contributed by atoms with Gasteiger partial charge in [-0.3, -0.25) is 4.79 Å². The average molecular weight is 511 g/mol. The summed E-state index contributed by atoms with van der Waals surface area (Å²) in [5.41, 5.74) is -0.103. The maximum Gasteiger partial charge on any atom is 0.286 e. The fraction of sp³-hybridized carbons (Fsp3) is 0.640. The van der Waals surface area contributed by atoms with Gasteiger partial charge in [-0.15, -0.1) is 0 Å². The first kappa shape index (κ1) is 27.4. The third-order valence-electron chi connectivity index (χ3n) is 6.33. The summed E-state index contributed by atoms with van der Waals surface area (Å²) in [6.45, 7) is 6.63. The summed E-state index contributed by atoms with van der Waals surface area (Å²) in [5.74, 6) is 1.16. The minimum atomic E-state index is -3.84. The highest BCUT2D eigenvalue weighted by molar-refractivity contribution is 7.89. The molecule has 1 aliphatic heterocycles. The molecule has 0 radical (unpaired) electrons. The van der Waals surface area contributed by atoms with Gasteiger partial charge >= 0.3 is 0 Å². The third-order valence-corrected chi connectivity index (χ3v) is 8.25. The number of hydrogen-bond acceptors (Lipinski definition) is 7. The number of aliphatic hydroxyl groups is 1. The molecule has 10 heteroatoms. The first-order chi connectivity index (χ1) is 16.5. The lowest BCUT2D eigenvalue weighted by molar-refractivity contribution is -0.153. The number of rotatable bonds is 12. The second-order valence-corrected chi connectivity index (χ2v) is 12.1. The summed E-state index contributed by atoms with van der Waals surface area (Å²) < 4.78 is 44.2. The average Bonchev–Trinajstić information content (AvgIpc) is 3.66. The van der Waals surface area contributed by atoms with E-state index in [0.29, 0.717) is 24.6 Å². The maximum atomic E-state index is 13.1. The number of ether oxygens (including phenoxy) is 3. The Morgan fingerprint density at radius 1 is 1.20 bits per heavy atom. The Kier molecular flexibility index (Phi) is 9.20. The van der Waals surface area contributed by atoms with Crippen LogP contribution >= 0.6 is 0 Å². The van der Waals surface area contributed by atoms with E-state index in [0.717, 1.165) is 12.8 Å². The van der Waals surface area contributed by atoms with E-state index in [4.69, 9.17) is 14.2 Å². The number of carbonyl (C=O) groups excluding carboxylic acids is 1. The van der Waals surface area contributed by atoms with E-state index in [1.807, 2.05) is 6.08 Å². The number of benzene rings is 1. The van der Waals surface area contributed by atoms with Gasteiger partial charge in [-0.1, -0.05) is 20.8 Å². The van der Waals surface area contributed by atoms with E-state index in [2.05, 4.69) is 26.1 Å². The Bertz CT molecular complexity index is 982. The second kappa shape index (κ2) is 11.7. The molecule has 35 heavy (non-hydrogen) atoms. The normalized spacial score (nSPS) is 20.8. The maximum absolute atomic E-state index is 13.1. The second-order valence-electron chi connectivity index (χ2n) is 10.1. The molecular weight excluding hydrogens is 472 g/mol. The van der Waals surface area contributed by atoms with E-state index >= 15 is 0 Å². The quantitative estimate of drug-likeness (QED) is 0.444. The molecule has 1 heterocycles. The van der Waals surface area contributed by atoms with Crippen molar-refractivity contribution in [3.05, 3.63) is 36.1 Å². The molecule has 0 saturated heterocycles. The van der Waals surface area contributed by atoms with Crippen LogP contribution in [0.25, 0.3) is 0 Å². The van der Waals surface area contributed by atoms with E-state index < -0.39 is 16.3 Å². The van der Waals surface area contributed by atoms with E-state index in [1.165, 1.54) is 23.5 Å². The summed E-state index contributed by atoms with van der Waals surface area (Å²) in [5, 5.41) is 12.4. The molecule has 2 N–H and O–H groups in total. The van der Waals surface area contributed by atoms with Gasteiger partial charge in [-0.25, -0.2) is 8.42 Å². The zero-order valence-electron chi connectivity index (χ0n) is 21.0. The largest absolute Gasteiger partial charge is 0.497 e. The number of nitrogens with one attached hydrogen (secondary N) is 1. The molecule has 1 fully saturated rings. The highest BCUT2D eigenvalue weighted by Crippen LogP contribution is 2.36. The molecule has 0 bridgehead atoms. The van der Waals surface area contributed by atoms with Gasteiger partial charge < -0.3 is 24.6 Å². The van der Waals surface area contributed by atoms with Crippen LogP contribution in [0, 0.1) is 17.3 Å². The number of hydrogen-bond donors (Lipinski definition) is 2. The highest BCUT2D eigenvalue weighted by Gasteiger charge is 2.35. The molecular formula is C25H38N2O7S. The summed E-state index contributed by atoms with van der Waals surface area (Å²) in [4.78, 5) is 12.8. The molecule has 1 saturated carbocycles. The molecule has 0 unspecified atom stereocenters. The standard InChI is InChI=1S/C25H38N2O7S/c1-25(2,3)19-15-22(24(29)26-17-18-5-6-18)34-23(16-19)33-14-12-27(11-13-28)35(30,31)21-9-7-20(32-4)8-10-21/h7-10,15,18-19,23,28H,5-6,11-14,16-17H2,1-4H3,(H,26,29)/t19-,23+/m0/s1. The Labute approximate surface area is 208 Å². The van der Waals surface area contributed by atoms with Gasteiger partial charge in [0.2, 0.25) is 16.3 Å². The van der Waals surface area contributed by atoms with Crippen molar-refractivity contribution in [1.29, 1.82) is 0 Å².